The third kappa shape index (κ3) is 8.11. The molecule has 7 nitrogen and oxygen atoms in total. The molecule has 0 aromatic heterocycles. The first-order valence-electron chi connectivity index (χ1n) is 7.06. The standard InChI is InChI=1S/C13H26O7/c14-2-4-16-5-6-17-7-8-18-9-10-20-13(11-15)12-1-3-19-12/h12-15H,1-11H2. The third-order valence-electron chi connectivity index (χ3n) is 2.87. The summed E-state index contributed by atoms with van der Waals surface area (Å²) >= 11 is 0. The first kappa shape index (κ1) is 17.8. The Hall–Kier alpha value is -0.280. The highest BCUT2D eigenvalue weighted by molar-refractivity contribution is 4.76. The van der Waals surface area contributed by atoms with Crippen molar-refractivity contribution < 1.29 is 33.9 Å². The predicted molar refractivity (Wildman–Crippen MR) is 70.7 cm³/mol. The molecule has 2 N–H and O–H groups in total. The maximum absolute atomic E-state index is 9.13. The highest BCUT2D eigenvalue weighted by Crippen LogP contribution is 2.17. The van der Waals surface area contributed by atoms with E-state index in [1.165, 1.54) is 0 Å². The van der Waals surface area contributed by atoms with Crippen LogP contribution < -0.4 is 0 Å². The van der Waals surface area contributed by atoms with Gasteiger partial charge in [0.25, 0.3) is 0 Å². The van der Waals surface area contributed by atoms with Crippen LogP contribution in [-0.4, -0.2) is 88.5 Å². The second-order valence-electron chi connectivity index (χ2n) is 4.35. The monoisotopic (exact) mass is 294 g/mol. The van der Waals surface area contributed by atoms with E-state index in [0.717, 1.165) is 13.0 Å². The lowest BCUT2D eigenvalue weighted by atomic mass is 10.1. The van der Waals surface area contributed by atoms with Crippen molar-refractivity contribution in [2.24, 2.45) is 0 Å². The molecule has 0 spiro atoms. The van der Waals surface area contributed by atoms with Crippen LogP contribution in [0.15, 0.2) is 0 Å². The molecule has 1 rings (SSSR count). The second kappa shape index (κ2) is 12.5. The zero-order valence-electron chi connectivity index (χ0n) is 11.9. The summed E-state index contributed by atoms with van der Waals surface area (Å²) in [7, 11) is 0. The van der Waals surface area contributed by atoms with Crippen LogP contribution in [0.2, 0.25) is 0 Å². The molecule has 0 amide bonds. The average Bonchev–Trinajstić information content (AvgIpc) is 2.41. The van der Waals surface area contributed by atoms with Crippen LogP contribution in [0.3, 0.4) is 0 Å². The maximum atomic E-state index is 9.13. The Labute approximate surface area is 119 Å². The van der Waals surface area contributed by atoms with E-state index >= 15 is 0 Å². The van der Waals surface area contributed by atoms with Gasteiger partial charge in [0.05, 0.1) is 65.6 Å². The Morgan fingerprint density at radius 1 is 0.900 bits per heavy atom. The summed E-state index contributed by atoms with van der Waals surface area (Å²) in [5.41, 5.74) is 0. The molecule has 0 aromatic carbocycles. The van der Waals surface area contributed by atoms with Crippen LogP contribution in [0.4, 0.5) is 0 Å². The maximum Gasteiger partial charge on any atom is 0.107 e. The van der Waals surface area contributed by atoms with Crippen LogP contribution in [0.5, 0.6) is 0 Å². The molecule has 0 bridgehead atoms. The van der Waals surface area contributed by atoms with Crippen LogP contribution in [0, 0.1) is 0 Å². The topological polar surface area (TPSA) is 86.6 Å². The van der Waals surface area contributed by atoms with Gasteiger partial charge in [0.2, 0.25) is 0 Å². The molecule has 2 atom stereocenters. The molecule has 7 heteroatoms. The quantitative estimate of drug-likeness (QED) is 0.405. The van der Waals surface area contributed by atoms with Gasteiger partial charge in [-0.25, -0.2) is 0 Å². The fourth-order valence-electron chi connectivity index (χ4n) is 1.69. The van der Waals surface area contributed by atoms with E-state index in [4.69, 9.17) is 33.9 Å². The molecule has 0 radical (unpaired) electrons. The lowest BCUT2D eigenvalue weighted by Crippen LogP contribution is -2.42. The fourth-order valence-corrected chi connectivity index (χ4v) is 1.69. The molecule has 1 fully saturated rings. The summed E-state index contributed by atoms with van der Waals surface area (Å²) in [6.07, 6.45) is 0.729. The Kier molecular flexibility index (Phi) is 11.1. The van der Waals surface area contributed by atoms with E-state index in [1.807, 2.05) is 0 Å². The van der Waals surface area contributed by atoms with Crippen LogP contribution in [-0.2, 0) is 23.7 Å². The normalized spacial score (nSPS) is 19.8. The van der Waals surface area contributed by atoms with Gasteiger partial charge in [-0.05, 0) is 6.42 Å². The molecular formula is C13H26O7. The summed E-state index contributed by atoms with van der Waals surface area (Å²) in [4.78, 5) is 0. The molecule has 20 heavy (non-hydrogen) atoms. The smallest absolute Gasteiger partial charge is 0.107 e. The van der Waals surface area contributed by atoms with Crippen molar-refractivity contribution in [2.75, 3.05) is 66.1 Å². The number of aliphatic hydroxyl groups is 2. The second-order valence-corrected chi connectivity index (χ2v) is 4.35. The van der Waals surface area contributed by atoms with Gasteiger partial charge in [-0.2, -0.15) is 0 Å². The molecule has 1 heterocycles. The average molecular weight is 294 g/mol. The molecule has 0 saturated carbocycles. The molecule has 0 aromatic rings. The van der Waals surface area contributed by atoms with Gasteiger partial charge >= 0.3 is 0 Å². The minimum Gasteiger partial charge on any atom is -0.394 e. The summed E-state index contributed by atoms with van der Waals surface area (Å²) < 4.78 is 26.4. The van der Waals surface area contributed by atoms with Crippen molar-refractivity contribution in [3.8, 4) is 0 Å². The SMILES string of the molecule is OCCOCCOCCOCCOC(CO)C1CCO1. The Bertz CT molecular complexity index is 211. The van der Waals surface area contributed by atoms with Crippen molar-refractivity contribution >= 4 is 0 Å². The zero-order valence-corrected chi connectivity index (χ0v) is 11.9. The van der Waals surface area contributed by atoms with Gasteiger partial charge in [0.15, 0.2) is 0 Å². The molecule has 0 aliphatic carbocycles. The van der Waals surface area contributed by atoms with Crippen molar-refractivity contribution in [1.29, 1.82) is 0 Å². The number of rotatable bonds is 14. The van der Waals surface area contributed by atoms with Gasteiger partial charge in [-0.1, -0.05) is 0 Å². The lowest BCUT2D eigenvalue weighted by Gasteiger charge is -2.32. The fraction of sp³-hybridized carbons (Fsp3) is 1.00. The Morgan fingerprint density at radius 2 is 1.45 bits per heavy atom. The van der Waals surface area contributed by atoms with E-state index < -0.39 is 0 Å². The molecule has 1 aliphatic rings. The van der Waals surface area contributed by atoms with Gasteiger partial charge in [0.1, 0.15) is 6.10 Å². The number of ether oxygens (including phenoxy) is 5. The third-order valence-corrected chi connectivity index (χ3v) is 2.87. The summed E-state index contributed by atoms with van der Waals surface area (Å²) in [6.45, 7) is 3.96. The van der Waals surface area contributed by atoms with Gasteiger partial charge in [-0.3, -0.25) is 0 Å². The Balaban J connectivity index is 1.77. The summed E-state index contributed by atoms with van der Waals surface area (Å²) in [5.74, 6) is 0. The van der Waals surface area contributed by atoms with Crippen molar-refractivity contribution in [3.63, 3.8) is 0 Å². The molecule has 2 unspecified atom stereocenters. The molecular weight excluding hydrogens is 268 g/mol. The van der Waals surface area contributed by atoms with Crippen LogP contribution in [0.1, 0.15) is 6.42 Å². The predicted octanol–water partition coefficient (Wildman–Crippen LogP) is -0.805. The van der Waals surface area contributed by atoms with Gasteiger partial charge in [-0.15, -0.1) is 0 Å². The van der Waals surface area contributed by atoms with Crippen molar-refractivity contribution in [3.05, 3.63) is 0 Å². The highest BCUT2D eigenvalue weighted by Gasteiger charge is 2.28. The number of hydrogen-bond donors (Lipinski definition) is 2. The van der Waals surface area contributed by atoms with E-state index in [-0.39, 0.29) is 25.4 Å². The van der Waals surface area contributed by atoms with E-state index in [2.05, 4.69) is 0 Å². The first-order chi connectivity index (χ1) is 9.88. The molecule has 1 saturated heterocycles. The highest BCUT2D eigenvalue weighted by atomic mass is 16.6. The minimum absolute atomic E-state index is 0.0262. The molecule has 1 aliphatic heterocycles. The Morgan fingerprint density at radius 3 is 1.90 bits per heavy atom. The van der Waals surface area contributed by atoms with E-state index in [0.29, 0.717) is 46.2 Å². The van der Waals surface area contributed by atoms with E-state index in [1.54, 1.807) is 0 Å². The number of aliphatic hydroxyl groups excluding tert-OH is 2. The van der Waals surface area contributed by atoms with Crippen molar-refractivity contribution in [2.45, 2.75) is 18.6 Å². The lowest BCUT2D eigenvalue weighted by molar-refractivity contribution is -0.154. The van der Waals surface area contributed by atoms with Crippen LogP contribution in [0.25, 0.3) is 0 Å². The van der Waals surface area contributed by atoms with Gasteiger partial charge < -0.3 is 33.9 Å². The summed E-state index contributed by atoms with van der Waals surface area (Å²) in [6, 6.07) is 0. The largest absolute Gasteiger partial charge is 0.394 e. The molecule has 120 valence electrons. The summed E-state index contributed by atoms with van der Waals surface area (Å²) in [5, 5.41) is 17.6. The van der Waals surface area contributed by atoms with Crippen molar-refractivity contribution in [1.82, 2.24) is 0 Å². The minimum atomic E-state index is -0.243. The number of hydrogen-bond acceptors (Lipinski definition) is 7. The van der Waals surface area contributed by atoms with Gasteiger partial charge in [0, 0.05) is 6.61 Å². The van der Waals surface area contributed by atoms with Crippen LogP contribution >= 0.6 is 0 Å². The zero-order chi connectivity index (χ0) is 14.5. The van der Waals surface area contributed by atoms with E-state index in [9.17, 15) is 0 Å². The first-order valence-corrected chi connectivity index (χ1v) is 7.06.